The molecule has 0 bridgehead atoms. The maximum atomic E-state index is 12.0. The van der Waals surface area contributed by atoms with Gasteiger partial charge in [0.25, 0.3) is 5.89 Å². The van der Waals surface area contributed by atoms with Crippen molar-refractivity contribution in [3.63, 3.8) is 0 Å². The number of hydrogen-bond acceptors (Lipinski definition) is 7. The zero-order valence-electron chi connectivity index (χ0n) is 11.2. The molecule has 3 rings (SSSR count). The molecular formula is C13H16N4O4. The van der Waals surface area contributed by atoms with Gasteiger partial charge in [0.15, 0.2) is 11.6 Å². The van der Waals surface area contributed by atoms with Crippen LogP contribution in [0.15, 0.2) is 27.3 Å². The van der Waals surface area contributed by atoms with Crippen molar-refractivity contribution in [3.8, 4) is 11.7 Å². The molecule has 8 heteroatoms. The van der Waals surface area contributed by atoms with Crippen molar-refractivity contribution in [2.45, 2.75) is 31.5 Å². The number of furan rings is 1. The lowest BCUT2D eigenvalue weighted by atomic mass is 10.1. The number of nitrogens with zero attached hydrogens (tertiary/aromatic N) is 2. The van der Waals surface area contributed by atoms with Crippen molar-refractivity contribution < 1.29 is 18.8 Å². The normalized spacial score (nSPS) is 25.1. The highest BCUT2D eigenvalue weighted by atomic mass is 16.5. The van der Waals surface area contributed by atoms with Crippen LogP contribution in [0.1, 0.15) is 18.7 Å². The Hall–Kier alpha value is -2.19. The van der Waals surface area contributed by atoms with Crippen molar-refractivity contribution in [1.82, 2.24) is 15.5 Å². The molecule has 1 amide bonds. The standard InChI is InChI=1S/C13H16N4O4/c14-8-4-7(5-9(8)18)12(19)15-6-11-16-13(21-17-11)10-2-1-3-20-10/h1-3,7-9,18H,4-6,14H2,(H,15,19)/t7-,8+,9+/m0/s1. The van der Waals surface area contributed by atoms with E-state index in [9.17, 15) is 9.90 Å². The summed E-state index contributed by atoms with van der Waals surface area (Å²) in [6, 6.07) is 3.09. The first-order valence-electron chi connectivity index (χ1n) is 6.71. The number of rotatable bonds is 4. The highest BCUT2D eigenvalue weighted by Crippen LogP contribution is 2.25. The van der Waals surface area contributed by atoms with Crippen molar-refractivity contribution >= 4 is 5.91 Å². The number of nitrogens with two attached hydrogens (primary N) is 1. The summed E-state index contributed by atoms with van der Waals surface area (Å²) in [6.45, 7) is 0.158. The summed E-state index contributed by atoms with van der Waals surface area (Å²) in [6.07, 6.45) is 1.76. The summed E-state index contributed by atoms with van der Waals surface area (Å²) in [5.41, 5.74) is 5.69. The minimum Gasteiger partial charge on any atom is -0.459 e. The number of carbonyl (C=O) groups is 1. The molecule has 0 radical (unpaired) electrons. The van der Waals surface area contributed by atoms with Gasteiger partial charge in [-0.1, -0.05) is 5.16 Å². The number of nitrogens with one attached hydrogen (secondary N) is 1. The van der Waals surface area contributed by atoms with Gasteiger partial charge in [0, 0.05) is 12.0 Å². The number of carbonyl (C=O) groups excluding carboxylic acids is 1. The quantitative estimate of drug-likeness (QED) is 0.726. The van der Waals surface area contributed by atoms with Crippen LogP contribution < -0.4 is 11.1 Å². The van der Waals surface area contributed by atoms with Crippen LogP contribution in [-0.2, 0) is 11.3 Å². The zero-order chi connectivity index (χ0) is 14.8. The van der Waals surface area contributed by atoms with E-state index in [0.29, 0.717) is 24.4 Å². The van der Waals surface area contributed by atoms with Crippen LogP contribution in [0.25, 0.3) is 11.7 Å². The summed E-state index contributed by atoms with van der Waals surface area (Å²) in [4.78, 5) is 16.1. The molecule has 4 N–H and O–H groups in total. The zero-order valence-corrected chi connectivity index (χ0v) is 11.2. The van der Waals surface area contributed by atoms with Crippen molar-refractivity contribution in [1.29, 1.82) is 0 Å². The van der Waals surface area contributed by atoms with Crippen LogP contribution in [-0.4, -0.2) is 33.3 Å². The molecule has 21 heavy (non-hydrogen) atoms. The lowest BCUT2D eigenvalue weighted by Gasteiger charge is -2.08. The van der Waals surface area contributed by atoms with Gasteiger partial charge in [0.05, 0.1) is 18.9 Å². The molecule has 0 unspecified atom stereocenters. The second kappa shape index (κ2) is 5.66. The van der Waals surface area contributed by atoms with E-state index in [0.717, 1.165) is 0 Å². The number of aromatic nitrogens is 2. The Bertz CT molecular complexity index is 599. The van der Waals surface area contributed by atoms with Crippen molar-refractivity contribution in [3.05, 3.63) is 24.2 Å². The third-order valence-corrected chi connectivity index (χ3v) is 3.57. The topological polar surface area (TPSA) is 127 Å². The van der Waals surface area contributed by atoms with Crippen LogP contribution in [0.4, 0.5) is 0 Å². The number of aliphatic hydroxyl groups is 1. The summed E-state index contributed by atoms with van der Waals surface area (Å²) in [7, 11) is 0. The molecule has 8 nitrogen and oxygen atoms in total. The predicted molar refractivity (Wildman–Crippen MR) is 70.6 cm³/mol. The van der Waals surface area contributed by atoms with E-state index in [4.69, 9.17) is 14.7 Å². The second-order valence-corrected chi connectivity index (χ2v) is 5.11. The molecule has 1 saturated carbocycles. The summed E-state index contributed by atoms with van der Waals surface area (Å²) >= 11 is 0. The SMILES string of the molecule is N[C@@H]1C[C@H](C(=O)NCc2noc(-c3ccco3)n2)C[C@H]1O. The Morgan fingerprint density at radius 2 is 2.38 bits per heavy atom. The van der Waals surface area contributed by atoms with Crippen LogP contribution in [0, 0.1) is 5.92 Å². The molecule has 1 fully saturated rings. The van der Waals surface area contributed by atoms with Gasteiger partial charge < -0.3 is 25.1 Å². The smallest absolute Gasteiger partial charge is 0.293 e. The summed E-state index contributed by atoms with van der Waals surface area (Å²) in [5, 5.41) is 16.0. The van der Waals surface area contributed by atoms with E-state index in [1.807, 2.05) is 0 Å². The van der Waals surface area contributed by atoms with Crippen LogP contribution in [0.2, 0.25) is 0 Å². The minimum absolute atomic E-state index is 0.158. The molecule has 112 valence electrons. The lowest BCUT2D eigenvalue weighted by molar-refractivity contribution is -0.125. The first kappa shape index (κ1) is 13.8. The van der Waals surface area contributed by atoms with Crippen LogP contribution in [0.5, 0.6) is 0 Å². The molecule has 0 spiro atoms. The monoisotopic (exact) mass is 292 g/mol. The first-order valence-corrected chi connectivity index (χ1v) is 6.71. The number of amides is 1. The average molecular weight is 292 g/mol. The molecule has 1 aliphatic rings. The molecule has 0 saturated heterocycles. The van der Waals surface area contributed by atoms with Gasteiger partial charge in [-0.05, 0) is 25.0 Å². The van der Waals surface area contributed by atoms with Gasteiger partial charge >= 0.3 is 0 Å². The minimum atomic E-state index is -0.614. The van der Waals surface area contributed by atoms with Crippen LogP contribution in [0.3, 0.4) is 0 Å². The molecule has 1 aliphatic carbocycles. The Morgan fingerprint density at radius 1 is 1.52 bits per heavy atom. The first-order chi connectivity index (χ1) is 10.1. The lowest BCUT2D eigenvalue weighted by Crippen LogP contribution is -2.30. The van der Waals surface area contributed by atoms with Gasteiger partial charge in [0.1, 0.15) is 0 Å². The van der Waals surface area contributed by atoms with E-state index in [1.165, 1.54) is 6.26 Å². The number of hydrogen-bond donors (Lipinski definition) is 3. The van der Waals surface area contributed by atoms with E-state index < -0.39 is 6.10 Å². The molecule has 2 heterocycles. The second-order valence-electron chi connectivity index (χ2n) is 5.11. The molecule has 2 aromatic rings. The molecule has 2 aromatic heterocycles. The fraction of sp³-hybridized carbons (Fsp3) is 0.462. The highest BCUT2D eigenvalue weighted by molar-refractivity contribution is 5.79. The van der Waals surface area contributed by atoms with E-state index in [1.54, 1.807) is 12.1 Å². The van der Waals surface area contributed by atoms with E-state index in [-0.39, 0.29) is 30.3 Å². The Kier molecular flexibility index (Phi) is 3.72. The fourth-order valence-corrected chi connectivity index (χ4v) is 2.40. The van der Waals surface area contributed by atoms with Gasteiger partial charge in [-0.25, -0.2) is 0 Å². The summed E-state index contributed by atoms with van der Waals surface area (Å²) in [5.74, 6) is 0.669. The molecule has 0 aliphatic heterocycles. The van der Waals surface area contributed by atoms with Gasteiger partial charge in [0.2, 0.25) is 5.91 Å². The van der Waals surface area contributed by atoms with Gasteiger partial charge in [-0.3, -0.25) is 4.79 Å². The highest BCUT2D eigenvalue weighted by Gasteiger charge is 2.34. The van der Waals surface area contributed by atoms with E-state index in [2.05, 4.69) is 15.5 Å². The molecule has 3 atom stereocenters. The predicted octanol–water partition coefficient (Wildman–Crippen LogP) is 0.0440. The Labute approximate surface area is 120 Å². The van der Waals surface area contributed by atoms with Crippen molar-refractivity contribution in [2.75, 3.05) is 0 Å². The Morgan fingerprint density at radius 3 is 3.05 bits per heavy atom. The third-order valence-electron chi connectivity index (χ3n) is 3.57. The van der Waals surface area contributed by atoms with E-state index >= 15 is 0 Å². The summed E-state index contributed by atoms with van der Waals surface area (Å²) < 4.78 is 10.2. The number of aliphatic hydroxyl groups excluding tert-OH is 1. The van der Waals surface area contributed by atoms with Crippen molar-refractivity contribution in [2.24, 2.45) is 11.7 Å². The fourth-order valence-electron chi connectivity index (χ4n) is 2.40. The van der Waals surface area contributed by atoms with Gasteiger partial charge in [-0.15, -0.1) is 0 Å². The van der Waals surface area contributed by atoms with Crippen LogP contribution >= 0.6 is 0 Å². The maximum Gasteiger partial charge on any atom is 0.293 e. The Balaban J connectivity index is 1.55. The average Bonchev–Trinajstić information content (AvgIpc) is 3.17. The third kappa shape index (κ3) is 2.96. The van der Waals surface area contributed by atoms with Gasteiger partial charge in [-0.2, -0.15) is 4.98 Å². The molecular weight excluding hydrogens is 276 g/mol. The maximum absolute atomic E-state index is 12.0. The largest absolute Gasteiger partial charge is 0.459 e. The molecule has 0 aromatic carbocycles.